The monoisotopic (exact) mass is 211 g/mol. The molecule has 0 saturated carbocycles. The number of benzene rings is 1. The number of hydrogen-bond donors (Lipinski definition) is 1. The molecule has 3 heteroatoms. The van der Waals surface area contributed by atoms with E-state index in [2.05, 4.69) is 13.8 Å². The van der Waals surface area contributed by atoms with Crippen LogP contribution in [0.1, 0.15) is 13.8 Å². The van der Waals surface area contributed by atoms with Gasteiger partial charge >= 0.3 is 0 Å². The normalized spacial score (nSPS) is 10.6. The van der Waals surface area contributed by atoms with Gasteiger partial charge in [-0.1, -0.05) is 19.9 Å². The lowest BCUT2D eigenvalue weighted by Gasteiger charge is -2.10. The Bertz CT molecular complexity index is 299. The number of ether oxygens (including phenoxy) is 1. The third-order valence-corrected chi connectivity index (χ3v) is 3.32. The van der Waals surface area contributed by atoms with Gasteiger partial charge in [0.2, 0.25) is 0 Å². The minimum absolute atomic E-state index is 0.672. The lowest BCUT2D eigenvalue weighted by Crippen LogP contribution is -1.96. The van der Waals surface area contributed by atoms with Gasteiger partial charge in [0.05, 0.1) is 12.8 Å². The summed E-state index contributed by atoms with van der Waals surface area (Å²) in [5.41, 5.74) is 6.68. The Labute approximate surface area is 89.8 Å². The van der Waals surface area contributed by atoms with E-state index in [9.17, 15) is 0 Å². The lowest BCUT2D eigenvalue weighted by molar-refractivity contribution is 0.416. The molecule has 0 aliphatic rings. The summed E-state index contributed by atoms with van der Waals surface area (Å²) in [7, 11) is 1.64. The van der Waals surface area contributed by atoms with Gasteiger partial charge in [-0.2, -0.15) is 0 Å². The molecular formula is C11H17NOS. The van der Waals surface area contributed by atoms with Crippen molar-refractivity contribution in [2.75, 3.05) is 18.6 Å². The summed E-state index contributed by atoms with van der Waals surface area (Å²) in [5.74, 6) is 2.52. The van der Waals surface area contributed by atoms with Gasteiger partial charge < -0.3 is 10.5 Å². The molecular weight excluding hydrogens is 194 g/mol. The van der Waals surface area contributed by atoms with Crippen molar-refractivity contribution in [1.82, 2.24) is 0 Å². The van der Waals surface area contributed by atoms with E-state index in [0.29, 0.717) is 5.92 Å². The predicted molar refractivity (Wildman–Crippen MR) is 63.0 cm³/mol. The highest BCUT2D eigenvalue weighted by Crippen LogP contribution is 2.33. The number of thioether (sulfide) groups is 1. The molecule has 0 saturated heterocycles. The summed E-state index contributed by atoms with van der Waals surface area (Å²) >= 11 is 1.78. The highest BCUT2D eigenvalue weighted by molar-refractivity contribution is 7.99. The van der Waals surface area contributed by atoms with Gasteiger partial charge in [-0.25, -0.2) is 0 Å². The molecule has 0 unspecified atom stereocenters. The van der Waals surface area contributed by atoms with Gasteiger partial charge in [-0.15, -0.1) is 11.8 Å². The standard InChI is InChI=1S/C11H17NOS/c1-8(2)7-14-10-6-4-5-9(13-3)11(10)12/h4-6,8H,7,12H2,1-3H3. The maximum atomic E-state index is 5.93. The number of methoxy groups -OCH3 is 1. The molecule has 1 aromatic carbocycles. The maximum Gasteiger partial charge on any atom is 0.142 e. The average Bonchev–Trinajstić information content (AvgIpc) is 2.16. The summed E-state index contributed by atoms with van der Waals surface area (Å²) in [6.07, 6.45) is 0. The molecule has 0 aromatic heterocycles. The Kier molecular flexibility index (Phi) is 4.14. The van der Waals surface area contributed by atoms with Crippen molar-refractivity contribution in [3.8, 4) is 5.75 Å². The van der Waals surface area contributed by atoms with Crippen molar-refractivity contribution >= 4 is 17.4 Å². The zero-order valence-electron chi connectivity index (χ0n) is 8.91. The van der Waals surface area contributed by atoms with Crippen LogP contribution in [-0.4, -0.2) is 12.9 Å². The Morgan fingerprint density at radius 3 is 2.71 bits per heavy atom. The van der Waals surface area contributed by atoms with Crippen LogP contribution in [0.25, 0.3) is 0 Å². The summed E-state index contributed by atoms with van der Waals surface area (Å²) < 4.78 is 5.15. The molecule has 0 bridgehead atoms. The summed E-state index contributed by atoms with van der Waals surface area (Å²) in [5, 5.41) is 0. The van der Waals surface area contributed by atoms with E-state index in [0.717, 1.165) is 22.1 Å². The fourth-order valence-electron chi connectivity index (χ4n) is 1.08. The third kappa shape index (κ3) is 2.84. The van der Waals surface area contributed by atoms with Crippen LogP contribution in [0.5, 0.6) is 5.75 Å². The molecule has 0 amide bonds. The first-order valence-corrected chi connectivity index (χ1v) is 5.69. The van der Waals surface area contributed by atoms with E-state index >= 15 is 0 Å². The zero-order valence-corrected chi connectivity index (χ0v) is 9.73. The van der Waals surface area contributed by atoms with Crippen LogP contribution in [0, 0.1) is 5.92 Å². The van der Waals surface area contributed by atoms with E-state index in [4.69, 9.17) is 10.5 Å². The summed E-state index contributed by atoms with van der Waals surface area (Å²) in [4.78, 5) is 1.11. The van der Waals surface area contributed by atoms with Gasteiger partial charge in [0.15, 0.2) is 0 Å². The summed E-state index contributed by atoms with van der Waals surface area (Å²) in [6.45, 7) is 4.40. The van der Waals surface area contributed by atoms with E-state index in [-0.39, 0.29) is 0 Å². The Hall–Kier alpha value is -0.830. The second-order valence-corrected chi connectivity index (χ2v) is 4.64. The molecule has 1 rings (SSSR count). The van der Waals surface area contributed by atoms with Crippen LogP contribution in [-0.2, 0) is 0 Å². The molecule has 0 atom stereocenters. The number of hydrogen-bond acceptors (Lipinski definition) is 3. The zero-order chi connectivity index (χ0) is 10.6. The van der Waals surface area contributed by atoms with Crippen LogP contribution in [0.15, 0.2) is 23.1 Å². The second-order valence-electron chi connectivity index (χ2n) is 3.58. The molecule has 78 valence electrons. The molecule has 0 fully saturated rings. The molecule has 1 aromatic rings. The SMILES string of the molecule is COc1cccc(SCC(C)C)c1N. The van der Waals surface area contributed by atoms with Crippen molar-refractivity contribution in [2.24, 2.45) is 5.92 Å². The quantitative estimate of drug-likeness (QED) is 0.614. The van der Waals surface area contributed by atoms with Crippen LogP contribution in [0.3, 0.4) is 0 Å². The van der Waals surface area contributed by atoms with Gasteiger partial charge in [-0.05, 0) is 18.1 Å². The van der Waals surface area contributed by atoms with Gasteiger partial charge in [0.1, 0.15) is 5.75 Å². The smallest absolute Gasteiger partial charge is 0.142 e. The molecule has 0 aliphatic carbocycles. The van der Waals surface area contributed by atoms with Gasteiger partial charge in [-0.3, -0.25) is 0 Å². The van der Waals surface area contributed by atoms with E-state index in [1.807, 2.05) is 18.2 Å². The average molecular weight is 211 g/mol. The Balaban J connectivity index is 2.76. The number of para-hydroxylation sites is 1. The second kappa shape index (κ2) is 5.15. The fourth-order valence-corrected chi connectivity index (χ4v) is 2.03. The number of nitrogen functional groups attached to an aromatic ring is 1. The van der Waals surface area contributed by atoms with Crippen LogP contribution in [0.4, 0.5) is 5.69 Å². The largest absolute Gasteiger partial charge is 0.495 e. The molecule has 0 radical (unpaired) electrons. The van der Waals surface area contributed by atoms with Crippen LogP contribution < -0.4 is 10.5 Å². The fraction of sp³-hybridized carbons (Fsp3) is 0.455. The molecule has 14 heavy (non-hydrogen) atoms. The first-order chi connectivity index (χ1) is 6.65. The molecule has 2 nitrogen and oxygen atoms in total. The molecule has 2 N–H and O–H groups in total. The van der Waals surface area contributed by atoms with Gasteiger partial charge in [0, 0.05) is 10.6 Å². The van der Waals surface area contributed by atoms with Crippen molar-refractivity contribution in [3.63, 3.8) is 0 Å². The first kappa shape index (κ1) is 11.2. The number of rotatable bonds is 4. The van der Waals surface area contributed by atoms with E-state index in [1.165, 1.54) is 0 Å². The van der Waals surface area contributed by atoms with Crippen molar-refractivity contribution in [1.29, 1.82) is 0 Å². The number of anilines is 1. The topological polar surface area (TPSA) is 35.2 Å². The third-order valence-electron chi connectivity index (χ3n) is 1.82. The predicted octanol–water partition coefficient (Wildman–Crippen LogP) is 3.03. The van der Waals surface area contributed by atoms with E-state index in [1.54, 1.807) is 18.9 Å². The molecule has 0 spiro atoms. The number of nitrogens with two attached hydrogens (primary N) is 1. The Morgan fingerprint density at radius 2 is 2.14 bits per heavy atom. The minimum Gasteiger partial charge on any atom is -0.495 e. The van der Waals surface area contributed by atoms with E-state index < -0.39 is 0 Å². The Morgan fingerprint density at radius 1 is 1.43 bits per heavy atom. The molecule has 0 aliphatic heterocycles. The highest BCUT2D eigenvalue weighted by Gasteiger charge is 2.05. The van der Waals surface area contributed by atoms with Crippen LogP contribution in [0.2, 0.25) is 0 Å². The highest BCUT2D eigenvalue weighted by atomic mass is 32.2. The summed E-state index contributed by atoms with van der Waals surface area (Å²) in [6, 6.07) is 5.89. The van der Waals surface area contributed by atoms with Crippen molar-refractivity contribution < 1.29 is 4.74 Å². The maximum absolute atomic E-state index is 5.93. The minimum atomic E-state index is 0.672. The van der Waals surface area contributed by atoms with Crippen LogP contribution >= 0.6 is 11.8 Å². The van der Waals surface area contributed by atoms with Gasteiger partial charge in [0.25, 0.3) is 0 Å². The lowest BCUT2D eigenvalue weighted by atomic mass is 10.3. The first-order valence-electron chi connectivity index (χ1n) is 4.70. The molecule has 0 heterocycles. The van der Waals surface area contributed by atoms with Crippen molar-refractivity contribution in [2.45, 2.75) is 18.7 Å². The van der Waals surface area contributed by atoms with Crippen molar-refractivity contribution in [3.05, 3.63) is 18.2 Å².